The molecule has 1 nitrogen and oxygen atoms in total. The van der Waals surface area contributed by atoms with Crippen molar-refractivity contribution in [3.63, 3.8) is 0 Å². The quantitative estimate of drug-likeness (QED) is 0.481. The maximum atomic E-state index is 12.1. The van der Waals surface area contributed by atoms with Gasteiger partial charge in [0.25, 0.3) is 0 Å². The van der Waals surface area contributed by atoms with Crippen LogP contribution in [0.1, 0.15) is 0 Å². The molecular weight excluding hydrogens is 119 g/mol. The maximum absolute atomic E-state index is 12.1. The van der Waals surface area contributed by atoms with E-state index in [1.807, 2.05) is 18.2 Å². The number of hydrogen-bond donors (Lipinski definition) is 0. The first kappa shape index (κ1) is 5.18. The molecule has 2 heteroatoms. The Labute approximate surface area is 52.8 Å². The van der Waals surface area contributed by atoms with E-state index in [1.165, 1.54) is 0 Å². The molecule has 0 aromatic rings. The zero-order valence-electron chi connectivity index (χ0n) is 4.88. The van der Waals surface area contributed by atoms with Gasteiger partial charge in [-0.1, -0.05) is 18.2 Å². The van der Waals surface area contributed by atoms with Crippen molar-refractivity contribution < 1.29 is 9.13 Å². The van der Waals surface area contributed by atoms with Crippen LogP contribution in [0.15, 0.2) is 24.3 Å². The lowest BCUT2D eigenvalue weighted by Crippen LogP contribution is -2.14. The van der Waals surface area contributed by atoms with E-state index in [4.69, 9.17) is 4.74 Å². The van der Waals surface area contributed by atoms with Crippen molar-refractivity contribution in [1.29, 1.82) is 0 Å². The van der Waals surface area contributed by atoms with Crippen LogP contribution in [-0.4, -0.2) is 18.4 Å². The average Bonchev–Trinajstić information content (AvgIpc) is 2.62. The molecule has 1 fully saturated rings. The average molecular weight is 126 g/mol. The van der Waals surface area contributed by atoms with E-state index in [9.17, 15) is 4.39 Å². The molecular formula is C7H7FO. The molecule has 0 amide bonds. The molecule has 1 heterocycles. The van der Waals surface area contributed by atoms with Crippen LogP contribution in [0.2, 0.25) is 0 Å². The van der Waals surface area contributed by atoms with Crippen molar-refractivity contribution in [2.45, 2.75) is 11.7 Å². The summed E-state index contributed by atoms with van der Waals surface area (Å²) >= 11 is 0. The van der Waals surface area contributed by atoms with Gasteiger partial charge >= 0.3 is 0 Å². The van der Waals surface area contributed by atoms with Crippen molar-refractivity contribution in [2.24, 2.45) is 0 Å². The highest BCUT2D eigenvalue weighted by atomic mass is 19.1. The summed E-state index contributed by atoms with van der Waals surface area (Å²) in [6.45, 7) is -0.404. The molecule has 1 aliphatic carbocycles. The van der Waals surface area contributed by atoms with E-state index in [-0.39, 0.29) is 6.10 Å². The van der Waals surface area contributed by atoms with E-state index in [0.717, 1.165) is 0 Å². The van der Waals surface area contributed by atoms with Crippen LogP contribution in [0, 0.1) is 0 Å². The van der Waals surface area contributed by atoms with Crippen molar-refractivity contribution in [2.75, 3.05) is 6.67 Å². The summed E-state index contributed by atoms with van der Waals surface area (Å²) < 4.78 is 17.2. The number of allylic oxidation sites excluding steroid dienone is 2. The standard InChI is InChI=1S/C7H7FO/c8-5-7-4-2-1-3-6(7)9-7/h1-4,6H,5H2. The number of halogens is 1. The molecule has 2 aliphatic rings. The molecule has 2 unspecified atom stereocenters. The van der Waals surface area contributed by atoms with Gasteiger partial charge in [-0.3, -0.25) is 0 Å². The molecule has 0 bridgehead atoms. The summed E-state index contributed by atoms with van der Waals surface area (Å²) in [4.78, 5) is 0. The number of fused-ring (bicyclic) bond motifs is 1. The molecule has 0 N–H and O–H groups in total. The van der Waals surface area contributed by atoms with E-state index < -0.39 is 12.3 Å². The molecule has 2 atom stereocenters. The predicted molar refractivity (Wildman–Crippen MR) is 31.9 cm³/mol. The topological polar surface area (TPSA) is 12.5 Å². The van der Waals surface area contributed by atoms with Gasteiger partial charge < -0.3 is 4.74 Å². The first-order chi connectivity index (χ1) is 4.37. The van der Waals surface area contributed by atoms with Crippen LogP contribution < -0.4 is 0 Å². The van der Waals surface area contributed by atoms with Gasteiger partial charge in [0, 0.05) is 0 Å². The fourth-order valence-electron chi connectivity index (χ4n) is 1.07. The minimum absolute atomic E-state index is 0.0208. The Bertz CT molecular complexity index is 185. The summed E-state index contributed by atoms with van der Waals surface area (Å²) in [6.07, 6.45) is 7.37. The van der Waals surface area contributed by atoms with Crippen molar-refractivity contribution in [3.05, 3.63) is 24.3 Å². The SMILES string of the molecule is FCC12C=CC=CC1O2. The second kappa shape index (κ2) is 1.45. The third-order valence-corrected chi connectivity index (χ3v) is 1.75. The summed E-state index contributed by atoms with van der Waals surface area (Å²) in [5.41, 5.74) is -0.547. The third kappa shape index (κ3) is 0.566. The fourth-order valence-corrected chi connectivity index (χ4v) is 1.07. The van der Waals surface area contributed by atoms with E-state index in [1.54, 1.807) is 6.08 Å². The monoisotopic (exact) mass is 126 g/mol. The molecule has 48 valence electrons. The zero-order chi connectivity index (χ0) is 6.32. The zero-order valence-corrected chi connectivity index (χ0v) is 4.88. The minimum atomic E-state index is -0.547. The van der Waals surface area contributed by atoms with E-state index in [2.05, 4.69) is 0 Å². The Kier molecular flexibility index (Phi) is 0.833. The second-order valence-electron chi connectivity index (χ2n) is 2.37. The van der Waals surface area contributed by atoms with E-state index >= 15 is 0 Å². The van der Waals surface area contributed by atoms with Crippen LogP contribution in [-0.2, 0) is 4.74 Å². The number of rotatable bonds is 1. The van der Waals surface area contributed by atoms with Crippen molar-refractivity contribution in [3.8, 4) is 0 Å². The minimum Gasteiger partial charge on any atom is -0.354 e. The Morgan fingerprint density at radius 2 is 2.44 bits per heavy atom. The van der Waals surface area contributed by atoms with Gasteiger partial charge in [-0.25, -0.2) is 4.39 Å². The van der Waals surface area contributed by atoms with Gasteiger partial charge in [0.1, 0.15) is 18.4 Å². The molecule has 0 radical (unpaired) electrons. The molecule has 0 aromatic carbocycles. The predicted octanol–water partition coefficient (Wildman–Crippen LogP) is 1.22. The van der Waals surface area contributed by atoms with Gasteiger partial charge in [0.2, 0.25) is 0 Å². The Balaban J connectivity index is 2.23. The van der Waals surface area contributed by atoms with Gasteiger partial charge in [0.05, 0.1) is 0 Å². The Morgan fingerprint density at radius 3 is 3.00 bits per heavy atom. The molecule has 2 rings (SSSR count). The van der Waals surface area contributed by atoms with Crippen LogP contribution >= 0.6 is 0 Å². The molecule has 0 saturated carbocycles. The number of ether oxygens (including phenoxy) is 1. The summed E-state index contributed by atoms with van der Waals surface area (Å²) in [5.74, 6) is 0. The van der Waals surface area contributed by atoms with Crippen molar-refractivity contribution >= 4 is 0 Å². The normalized spacial score (nSPS) is 44.8. The third-order valence-electron chi connectivity index (χ3n) is 1.75. The fraction of sp³-hybridized carbons (Fsp3) is 0.429. The number of hydrogen-bond acceptors (Lipinski definition) is 1. The highest BCUT2D eigenvalue weighted by Crippen LogP contribution is 2.41. The lowest BCUT2D eigenvalue weighted by atomic mass is 10.0. The van der Waals surface area contributed by atoms with Gasteiger partial charge in [0.15, 0.2) is 0 Å². The Hall–Kier alpha value is -0.630. The number of epoxide rings is 1. The first-order valence-corrected chi connectivity index (χ1v) is 2.97. The van der Waals surface area contributed by atoms with Crippen molar-refractivity contribution in [1.82, 2.24) is 0 Å². The summed E-state index contributed by atoms with van der Waals surface area (Å²) in [5, 5.41) is 0. The summed E-state index contributed by atoms with van der Waals surface area (Å²) in [7, 11) is 0. The van der Waals surface area contributed by atoms with Crippen LogP contribution in [0.3, 0.4) is 0 Å². The highest BCUT2D eigenvalue weighted by molar-refractivity contribution is 5.31. The lowest BCUT2D eigenvalue weighted by molar-refractivity contribution is 0.286. The lowest BCUT2D eigenvalue weighted by Gasteiger charge is -1.99. The van der Waals surface area contributed by atoms with Gasteiger partial charge in [-0.15, -0.1) is 0 Å². The van der Waals surface area contributed by atoms with Crippen LogP contribution in [0.25, 0.3) is 0 Å². The molecule has 0 aromatic heterocycles. The largest absolute Gasteiger partial charge is 0.354 e. The molecule has 1 saturated heterocycles. The molecule has 9 heavy (non-hydrogen) atoms. The number of alkyl halides is 1. The molecule has 1 aliphatic heterocycles. The highest BCUT2D eigenvalue weighted by Gasteiger charge is 2.53. The first-order valence-electron chi connectivity index (χ1n) is 2.97. The molecule has 0 spiro atoms. The maximum Gasteiger partial charge on any atom is 0.145 e. The summed E-state index contributed by atoms with van der Waals surface area (Å²) in [6, 6.07) is 0. The second-order valence-corrected chi connectivity index (χ2v) is 2.37. The van der Waals surface area contributed by atoms with Crippen LogP contribution in [0.4, 0.5) is 4.39 Å². The van der Waals surface area contributed by atoms with Crippen LogP contribution in [0.5, 0.6) is 0 Å². The smallest absolute Gasteiger partial charge is 0.145 e. The Morgan fingerprint density at radius 1 is 1.56 bits per heavy atom. The van der Waals surface area contributed by atoms with Gasteiger partial charge in [-0.05, 0) is 6.08 Å². The van der Waals surface area contributed by atoms with Gasteiger partial charge in [-0.2, -0.15) is 0 Å². The van der Waals surface area contributed by atoms with E-state index in [0.29, 0.717) is 0 Å².